The summed E-state index contributed by atoms with van der Waals surface area (Å²) >= 11 is 11.9. The molecule has 1 aromatic heterocycles. The first kappa shape index (κ1) is 18.8. The molecule has 1 heterocycles. The van der Waals surface area contributed by atoms with Crippen molar-refractivity contribution in [1.29, 1.82) is 0 Å². The number of hydrogen-bond donors (Lipinski definition) is 2. The molecular formula is C19H13Cl2NO5. The Bertz CT molecular complexity index is 1030. The Kier molecular flexibility index (Phi) is 5.39. The van der Waals surface area contributed by atoms with Crippen molar-refractivity contribution < 1.29 is 23.8 Å². The maximum Gasteiger partial charge on any atom is 0.335 e. The molecule has 0 atom stereocenters. The number of methoxy groups -OCH3 is 1. The summed E-state index contributed by atoms with van der Waals surface area (Å²) in [5, 5.41) is 12.5. The second-order valence-corrected chi connectivity index (χ2v) is 6.28. The number of carboxylic acid groups (broad SMARTS) is 1. The first-order valence-corrected chi connectivity index (χ1v) is 8.42. The number of furan rings is 1. The molecule has 6 nitrogen and oxygen atoms in total. The highest BCUT2D eigenvalue weighted by atomic mass is 35.5. The molecule has 0 unspecified atom stereocenters. The third kappa shape index (κ3) is 4.07. The van der Waals surface area contributed by atoms with Gasteiger partial charge in [-0.2, -0.15) is 0 Å². The summed E-state index contributed by atoms with van der Waals surface area (Å²) in [6.07, 6.45) is 0. The number of aromatic carboxylic acids is 1. The summed E-state index contributed by atoms with van der Waals surface area (Å²) in [4.78, 5) is 23.6. The van der Waals surface area contributed by atoms with Gasteiger partial charge in [-0.15, -0.1) is 0 Å². The van der Waals surface area contributed by atoms with Crippen molar-refractivity contribution in [3.63, 3.8) is 0 Å². The normalized spacial score (nSPS) is 10.5. The Hall–Kier alpha value is -2.96. The number of hydrogen-bond acceptors (Lipinski definition) is 4. The highest BCUT2D eigenvalue weighted by Crippen LogP contribution is 2.30. The van der Waals surface area contributed by atoms with E-state index in [1.807, 2.05) is 0 Å². The average Bonchev–Trinajstić information content (AvgIpc) is 3.14. The molecule has 0 aliphatic rings. The van der Waals surface area contributed by atoms with Gasteiger partial charge in [-0.1, -0.05) is 23.2 Å². The predicted octanol–water partition coefficient (Wildman–Crippen LogP) is 5.21. The van der Waals surface area contributed by atoms with Gasteiger partial charge in [0, 0.05) is 5.56 Å². The predicted molar refractivity (Wildman–Crippen MR) is 102 cm³/mol. The molecule has 3 aromatic rings. The fraction of sp³-hybridized carbons (Fsp3) is 0.0526. The summed E-state index contributed by atoms with van der Waals surface area (Å²) in [6.45, 7) is 0. The number of anilines is 1. The lowest BCUT2D eigenvalue weighted by Gasteiger charge is -2.10. The van der Waals surface area contributed by atoms with E-state index in [1.54, 1.807) is 24.3 Å². The Morgan fingerprint density at radius 2 is 1.81 bits per heavy atom. The topological polar surface area (TPSA) is 88.8 Å². The van der Waals surface area contributed by atoms with Crippen LogP contribution in [0.3, 0.4) is 0 Å². The third-order valence-electron chi connectivity index (χ3n) is 3.73. The number of nitrogens with one attached hydrogen (secondary N) is 1. The Balaban J connectivity index is 1.85. The first-order chi connectivity index (χ1) is 12.9. The summed E-state index contributed by atoms with van der Waals surface area (Å²) in [5.41, 5.74) is 0.894. The highest BCUT2D eigenvalue weighted by Gasteiger charge is 2.16. The molecule has 0 aliphatic heterocycles. The van der Waals surface area contributed by atoms with E-state index in [4.69, 9.17) is 37.5 Å². The largest absolute Gasteiger partial charge is 0.495 e. The zero-order valence-corrected chi connectivity index (χ0v) is 15.5. The molecular weight excluding hydrogens is 393 g/mol. The van der Waals surface area contributed by atoms with Gasteiger partial charge >= 0.3 is 5.97 Å². The van der Waals surface area contributed by atoms with Crippen molar-refractivity contribution in [2.24, 2.45) is 0 Å². The van der Waals surface area contributed by atoms with Gasteiger partial charge in [0.15, 0.2) is 5.76 Å². The van der Waals surface area contributed by atoms with Crippen molar-refractivity contribution in [2.75, 3.05) is 12.4 Å². The monoisotopic (exact) mass is 405 g/mol. The molecule has 0 aliphatic carbocycles. The van der Waals surface area contributed by atoms with Crippen LogP contribution in [0.2, 0.25) is 10.0 Å². The van der Waals surface area contributed by atoms with Gasteiger partial charge in [0.2, 0.25) is 0 Å². The number of carbonyl (C=O) groups is 2. The Morgan fingerprint density at radius 3 is 2.48 bits per heavy atom. The van der Waals surface area contributed by atoms with E-state index in [0.29, 0.717) is 27.1 Å². The molecule has 8 heteroatoms. The number of halogens is 2. The minimum atomic E-state index is -1.12. The summed E-state index contributed by atoms with van der Waals surface area (Å²) in [7, 11) is 1.42. The lowest BCUT2D eigenvalue weighted by Crippen LogP contribution is -2.12. The molecule has 0 fully saturated rings. The van der Waals surface area contributed by atoms with Crippen LogP contribution in [-0.2, 0) is 0 Å². The standard InChI is InChI=1S/C19H13Cl2NO5/c1-26-16-5-3-11(19(24)25)9-14(16)22-18(23)17-7-6-15(27-17)10-2-4-12(20)13(21)8-10/h2-9H,1H3,(H,22,23)(H,24,25). The maximum atomic E-state index is 12.5. The fourth-order valence-corrected chi connectivity index (χ4v) is 2.69. The van der Waals surface area contributed by atoms with Gasteiger partial charge in [-0.05, 0) is 48.5 Å². The molecule has 138 valence electrons. The number of ether oxygens (including phenoxy) is 1. The van der Waals surface area contributed by atoms with Gasteiger partial charge in [0.05, 0.1) is 28.4 Å². The lowest BCUT2D eigenvalue weighted by atomic mass is 10.2. The molecule has 27 heavy (non-hydrogen) atoms. The van der Waals surface area contributed by atoms with Crippen molar-refractivity contribution >= 4 is 40.8 Å². The number of benzene rings is 2. The minimum absolute atomic E-state index is 0.0158. The van der Waals surface area contributed by atoms with Crippen molar-refractivity contribution in [1.82, 2.24) is 0 Å². The van der Waals surface area contributed by atoms with Crippen LogP contribution >= 0.6 is 23.2 Å². The van der Waals surface area contributed by atoms with Gasteiger partial charge in [-0.25, -0.2) is 4.79 Å². The van der Waals surface area contributed by atoms with E-state index in [-0.39, 0.29) is 17.0 Å². The van der Waals surface area contributed by atoms with Crippen LogP contribution in [0.4, 0.5) is 5.69 Å². The first-order valence-electron chi connectivity index (χ1n) is 7.67. The number of carbonyl (C=O) groups excluding carboxylic acids is 1. The van der Waals surface area contributed by atoms with Gasteiger partial charge in [-0.3, -0.25) is 4.79 Å². The van der Waals surface area contributed by atoms with Crippen LogP contribution < -0.4 is 10.1 Å². The lowest BCUT2D eigenvalue weighted by molar-refractivity contribution is 0.0696. The zero-order valence-electron chi connectivity index (χ0n) is 14.0. The van der Waals surface area contributed by atoms with Crippen LogP contribution in [0.1, 0.15) is 20.9 Å². The molecule has 0 spiro atoms. The molecule has 2 N–H and O–H groups in total. The average molecular weight is 406 g/mol. The number of amides is 1. The molecule has 0 saturated heterocycles. The van der Waals surface area contributed by atoms with Crippen LogP contribution in [0, 0.1) is 0 Å². The smallest absolute Gasteiger partial charge is 0.335 e. The molecule has 0 bridgehead atoms. The Morgan fingerprint density at radius 1 is 1.04 bits per heavy atom. The highest BCUT2D eigenvalue weighted by molar-refractivity contribution is 6.42. The summed E-state index contributed by atoms with van der Waals surface area (Å²) in [5.74, 6) is -0.872. The van der Waals surface area contributed by atoms with Crippen molar-refractivity contribution in [3.05, 3.63) is 69.9 Å². The van der Waals surface area contributed by atoms with Crippen LogP contribution in [-0.4, -0.2) is 24.1 Å². The van der Waals surface area contributed by atoms with E-state index in [0.717, 1.165) is 0 Å². The third-order valence-corrected chi connectivity index (χ3v) is 4.47. The summed E-state index contributed by atoms with van der Waals surface area (Å²) < 4.78 is 10.7. The molecule has 3 rings (SSSR count). The van der Waals surface area contributed by atoms with Gasteiger partial charge in [0.25, 0.3) is 5.91 Å². The Labute approximate surface area is 164 Å². The van der Waals surface area contributed by atoms with Crippen molar-refractivity contribution in [3.8, 4) is 17.1 Å². The maximum absolute atomic E-state index is 12.5. The van der Waals surface area contributed by atoms with Crippen molar-refractivity contribution in [2.45, 2.75) is 0 Å². The van der Waals surface area contributed by atoms with Gasteiger partial charge < -0.3 is 19.6 Å². The van der Waals surface area contributed by atoms with E-state index >= 15 is 0 Å². The molecule has 1 amide bonds. The van der Waals surface area contributed by atoms with Crippen LogP contribution in [0.5, 0.6) is 5.75 Å². The van der Waals surface area contributed by atoms with E-state index in [2.05, 4.69) is 5.32 Å². The summed E-state index contributed by atoms with van der Waals surface area (Å²) in [6, 6.07) is 12.2. The molecule has 0 radical (unpaired) electrons. The van der Waals surface area contributed by atoms with E-state index in [9.17, 15) is 9.59 Å². The quantitative estimate of drug-likeness (QED) is 0.607. The van der Waals surface area contributed by atoms with E-state index < -0.39 is 11.9 Å². The minimum Gasteiger partial charge on any atom is -0.495 e. The molecule has 2 aromatic carbocycles. The van der Waals surface area contributed by atoms with Gasteiger partial charge in [0.1, 0.15) is 11.5 Å². The second-order valence-electron chi connectivity index (χ2n) is 5.47. The molecule has 0 saturated carbocycles. The van der Waals surface area contributed by atoms with Crippen LogP contribution in [0.15, 0.2) is 52.9 Å². The zero-order chi connectivity index (χ0) is 19.6. The van der Waals surface area contributed by atoms with Crippen LogP contribution in [0.25, 0.3) is 11.3 Å². The number of carboxylic acids is 1. The fourth-order valence-electron chi connectivity index (χ4n) is 2.39. The second kappa shape index (κ2) is 7.73. The number of rotatable bonds is 5. The van der Waals surface area contributed by atoms with E-state index in [1.165, 1.54) is 31.4 Å². The SMILES string of the molecule is COc1ccc(C(=O)O)cc1NC(=O)c1ccc(-c2ccc(Cl)c(Cl)c2)o1.